The third-order valence-corrected chi connectivity index (χ3v) is 1.87. The minimum atomic E-state index is -4.44. The normalized spacial score (nSPS) is 9.59. The van der Waals surface area contributed by atoms with Crippen LogP contribution in [0.25, 0.3) is 0 Å². The summed E-state index contributed by atoms with van der Waals surface area (Å²) in [5, 5.41) is 16.6. The summed E-state index contributed by atoms with van der Waals surface area (Å²) in [5.74, 6) is -2.70. The van der Waals surface area contributed by atoms with Crippen molar-refractivity contribution in [1.82, 2.24) is 4.90 Å². The summed E-state index contributed by atoms with van der Waals surface area (Å²) in [7, 11) is -4.44. The second-order valence-corrected chi connectivity index (χ2v) is 4.19. The molecule has 0 amide bonds. The van der Waals surface area contributed by atoms with Gasteiger partial charge in [0.25, 0.3) is 0 Å². The first-order valence-corrected chi connectivity index (χ1v) is 5.21. The fourth-order valence-corrected chi connectivity index (χ4v) is 1.52. The Balaban J connectivity index is -0.000000282. The second-order valence-electron chi connectivity index (χ2n) is 2.58. The summed E-state index contributed by atoms with van der Waals surface area (Å²) in [5.41, 5.74) is 0. The first-order valence-electron chi connectivity index (χ1n) is 3.41. The topological polar surface area (TPSA) is 135 Å². The molecule has 0 aromatic heterocycles. The zero-order chi connectivity index (χ0) is 11.4. The van der Waals surface area contributed by atoms with Gasteiger partial charge in [-0.05, 0) is 0 Å². The van der Waals surface area contributed by atoms with E-state index in [0.29, 0.717) is 4.90 Å². The van der Waals surface area contributed by atoms with Crippen LogP contribution in [-0.4, -0.2) is 56.2 Å². The van der Waals surface area contributed by atoms with E-state index in [1.54, 1.807) is 0 Å². The molecule has 0 aromatic carbocycles. The molecular formula is C5H10K3NO7P+3. The summed E-state index contributed by atoms with van der Waals surface area (Å²) < 4.78 is 10.5. The number of nitrogens with zero attached hydrogens (tertiary/aromatic N) is 1. The molecule has 0 atom stereocenters. The predicted octanol–water partition coefficient (Wildman–Crippen LogP) is -10.4. The maximum absolute atomic E-state index is 10.5. The van der Waals surface area contributed by atoms with Gasteiger partial charge in [0.15, 0.2) is 0 Å². The van der Waals surface area contributed by atoms with Gasteiger partial charge in [-0.25, -0.2) is 0 Å². The fraction of sp³-hybridized carbons (Fsp3) is 0.600. The first kappa shape index (κ1) is 29.0. The Labute approximate surface area is 226 Å². The van der Waals surface area contributed by atoms with Crippen molar-refractivity contribution in [2.75, 3.05) is 19.4 Å². The molecule has 0 aromatic rings. The second kappa shape index (κ2) is 14.9. The van der Waals surface area contributed by atoms with Crippen LogP contribution >= 0.6 is 7.60 Å². The summed E-state index contributed by atoms with van der Waals surface area (Å²) in [6.45, 7) is -1.45. The van der Waals surface area contributed by atoms with E-state index in [-0.39, 0.29) is 154 Å². The molecule has 0 aliphatic carbocycles. The van der Waals surface area contributed by atoms with E-state index in [1.165, 1.54) is 0 Å². The summed E-state index contributed by atoms with van der Waals surface area (Å²) in [6.07, 6.45) is -0.883. The number of carboxylic acid groups (broad SMARTS) is 2. The fourth-order valence-electron chi connectivity index (χ4n) is 0.799. The SMILES string of the molecule is O=C(O)CN(CC(=O)O)CP(=O)(O)O.[K+].[K+].[K+]. The number of carbonyl (C=O) groups is 2. The van der Waals surface area contributed by atoms with E-state index in [0.717, 1.165) is 0 Å². The smallest absolute Gasteiger partial charge is 0.480 e. The Bertz CT molecular complexity index is 267. The quantitative estimate of drug-likeness (QED) is 0.276. The molecule has 0 aliphatic heterocycles. The van der Waals surface area contributed by atoms with Gasteiger partial charge in [-0.15, -0.1) is 0 Å². The van der Waals surface area contributed by atoms with Crippen molar-refractivity contribution in [3.05, 3.63) is 0 Å². The Kier molecular flexibility index (Phi) is 25.4. The molecule has 0 radical (unpaired) electrons. The minimum Gasteiger partial charge on any atom is -0.480 e. The Morgan fingerprint density at radius 3 is 1.41 bits per heavy atom. The molecule has 0 heterocycles. The van der Waals surface area contributed by atoms with Crippen LogP contribution in [0, 0.1) is 0 Å². The molecule has 0 bridgehead atoms. The van der Waals surface area contributed by atoms with Gasteiger partial charge in [0.1, 0.15) is 6.29 Å². The molecule has 82 valence electrons. The van der Waals surface area contributed by atoms with E-state index in [2.05, 4.69) is 0 Å². The standard InChI is InChI=1S/C5H10NO7P.3K/c7-4(8)1-6(2-5(9)10)3-14(11,12)13;;;/h1-3H2,(H,7,8)(H,9,10)(H2,11,12,13);;;/q;3*+1. The number of hydrogen-bond donors (Lipinski definition) is 4. The molecule has 0 saturated carbocycles. The first-order chi connectivity index (χ1) is 6.20. The number of carboxylic acids is 2. The van der Waals surface area contributed by atoms with Crippen molar-refractivity contribution in [3.8, 4) is 0 Å². The molecular weight excluding hydrogens is 334 g/mol. The summed E-state index contributed by atoms with van der Waals surface area (Å²) >= 11 is 0. The number of aliphatic carboxylic acids is 2. The summed E-state index contributed by atoms with van der Waals surface area (Å²) in [4.78, 5) is 38.0. The Hall–Kier alpha value is 3.96. The van der Waals surface area contributed by atoms with Crippen LogP contribution in [0.15, 0.2) is 0 Å². The average molecular weight is 344 g/mol. The molecule has 0 aliphatic rings. The van der Waals surface area contributed by atoms with Crippen LogP contribution in [0.3, 0.4) is 0 Å². The van der Waals surface area contributed by atoms with E-state index in [4.69, 9.17) is 20.0 Å². The van der Waals surface area contributed by atoms with Crippen molar-refractivity contribution in [1.29, 1.82) is 0 Å². The molecule has 4 N–H and O–H groups in total. The maximum atomic E-state index is 10.5. The van der Waals surface area contributed by atoms with Crippen molar-refractivity contribution >= 4 is 19.5 Å². The van der Waals surface area contributed by atoms with Crippen LogP contribution in [0.4, 0.5) is 0 Å². The van der Waals surface area contributed by atoms with Gasteiger partial charge < -0.3 is 20.0 Å². The minimum absolute atomic E-state index is 0. The predicted molar refractivity (Wildman–Crippen MR) is 43.8 cm³/mol. The zero-order valence-corrected chi connectivity index (χ0v) is 20.3. The van der Waals surface area contributed by atoms with Crippen LogP contribution in [-0.2, 0) is 14.2 Å². The van der Waals surface area contributed by atoms with E-state index in [9.17, 15) is 14.2 Å². The van der Waals surface area contributed by atoms with E-state index < -0.39 is 38.9 Å². The van der Waals surface area contributed by atoms with E-state index in [1.807, 2.05) is 0 Å². The van der Waals surface area contributed by atoms with Gasteiger partial charge in [0.2, 0.25) is 0 Å². The van der Waals surface area contributed by atoms with Crippen molar-refractivity contribution in [3.63, 3.8) is 0 Å². The molecule has 8 nitrogen and oxygen atoms in total. The van der Waals surface area contributed by atoms with Crippen molar-refractivity contribution < 1.29 is 188 Å². The van der Waals surface area contributed by atoms with E-state index >= 15 is 0 Å². The molecule has 0 spiro atoms. The van der Waals surface area contributed by atoms with Crippen molar-refractivity contribution in [2.24, 2.45) is 0 Å². The largest absolute Gasteiger partial charge is 1.00 e. The van der Waals surface area contributed by atoms with Gasteiger partial charge in [0.05, 0.1) is 13.1 Å². The molecule has 0 unspecified atom stereocenters. The molecule has 0 saturated heterocycles. The van der Waals surface area contributed by atoms with Crippen molar-refractivity contribution in [2.45, 2.75) is 0 Å². The number of rotatable bonds is 6. The maximum Gasteiger partial charge on any atom is 1.00 e. The van der Waals surface area contributed by atoms with Gasteiger partial charge >= 0.3 is 174 Å². The van der Waals surface area contributed by atoms with Crippen LogP contribution in [0.5, 0.6) is 0 Å². The van der Waals surface area contributed by atoms with Gasteiger partial charge in [0, 0.05) is 0 Å². The average Bonchev–Trinajstić information content (AvgIpc) is 1.77. The third kappa shape index (κ3) is 22.4. The Morgan fingerprint density at radius 1 is 0.941 bits per heavy atom. The van der Waals surface area contributed by atoms with Gasteiger partial charge in [-0.2, -0.15) is 0 Å². The zero-order valence-electron chi connectivity index (χ0n) is 10.0. The molecule has 0 rings (SSSR count). The summed E-state index contributed by atoms with van der Waals surface area (Å²) in [6, 6.07) is 0. The number of hydrogen-bond acceptors (Lipinski definition) is 4. The van der Waals surface area contributed by atoms with Gasteiger partial charge in [-0.1, -0.05) is 0 Å². The van der Waals surface area contributed by atoms with Gasteiger partial charge in [-0.3, -0.25) is 19.1 Å². The van der Waals surface area contributed by atoms with Crippen LogP contribution in [0.1, 0.15) is 0 Å². The van der Waals surface area contributed by atoms with Crippen LogP contribution < -0.4 is 154 Å². The Morgan fingerprint density at radius 2 is 1.24 bits per heavy atom. The van der Waals surface area contributed by atoms with Crippen LogP contribution in [0.2, 0.25) is 0 Å². The molecule has 12 heteroatoms. The monoisotopic (exact) mass is 344 g/mol. The molecule has 17 heavy (non-hydrogen) atoms. The molecule has 0 fully saturated rings. The third-order valence-electron chi connectivity index (χ3n) is 1.10.